The summed E-state index contributed by atoms with van der Waals surface area (Å²) in [6.07, 6.45) is 3.55. The van der Waals surface area contributed by atoms with Gasteiger partial charge in [-0.1, -0.05) is 19.9 Å². The first kappa shape index (κ1) is 15.2. The fourth-order valence-corrected chi connectivity index (χ4v) is 2.65. The summed E-state index contributed by atoms with van der Waals surface area (Å²) in [4.78, 5) is 20.4. The second-order valence-corrected chi connectivity index (χ2v) is 6.21. The molecule has 0 bridgehead atoms. The number of pyridine rings is 1. The van der Waals surface area contributed by atoms with Gasteiger partial charge in [0.05, 0.1) is 28.6 Å². The highest BCUT2D eigenvalue weighted by atomic mass is 16.4. The minimum absolute atomic E-state index is 0.250. The summed E-state index contributed by atoms with van der Waals surface area (Å²) in [5.41, 5.74) is 4.41. The number of carboxylic acids is 1. The van der Waals surface area contributed by atoms with Crippen LogP contribution in [0.15, 0.2) is 36.8 Å². The lowest BCUT2D eigenvalue weighted by Crippen LogP contribution is -2.04. The van der Waals surface area contributed by atoms with Crippen molar-refractivity contribution >= 4 is 17.0 Å². The number of aromatic carboxylic acids is 1. The molecule has 0 aliphatic carbocycles. The largest absolute Gasteiger partial charge is 0.478 e. The highest BCUT2D eigenvalue weighted by Crippen LogP contribution is 2.29. The Hall–Kier alpha value is -2.69. The van der Waals surface area contributed by atoms with E-state index >= 15 is 0 Å². The van der Waals surface area contributed by atoms with Crippen molar-refractivity contribution in [2.75, 3.05) is 0 Å². The Kier molecular flexibility index (Phi) is 3.86. The van der Waals surface area contributed by atoms with Gasteiger partial charge in [0.25, 0.3) is 0 Å². The lowest BCUT2D eigenvalue weighted by atomic mass is 10.0. The average molecular weight is 309 g/mol. The highest BCUT2D eigenvalue weighted by Gasteiger charge is 2.15. The molecule has 0 spiro atoms. The van der Waals surface area contributed by atoms with Crippen LogP contribution in [0.1, 0.15) is 29.8 Å². The van der Waals surface area contributed by atoms with Crippen LogP contribution >= 0.6 is 0 Å². The molecule has 0 atom stereocenters. The molecule has 3 rings (SSSR count). The monoisotopic (exact) mass is 309 g/mol. The Balaban J connectivity index is 2.25. The first-order valence-corrected chi connectivity index (χ1v) is 7.61. The maximum atomic E-state index is 11.5. The quantitative estimate of drug-likeness (QED) is 0.796. The molecule has 0 saturated carbocycles. The van der Waals surface area contributed by atoms with E-state index in [9.17, 15) is 9.90 Å². The van der Waals surface area contributed by atoms with Crippen molar-refractivity contribution in [1.29, 1.82) is 0 Å². The number of imidazole rings is 1. The molecule has 0 amide bonds. The smallest absolute Gasteiger partial charge is 0.335 e. The Morgan fingerprint density at radius 3 is 2.65 bits per heavy atom. The van der Waals surface area contributed by atoms with Crippen molar-refractivity contribution in [1.82, 2.24) is 14.5 Å². The fourth-order valence-electron chi connectivity index (χ4n) is 2.65. The van der Waals surface area contributed by atoms with E-state index in [0.717, 1.165) is 34.4 Å². The number of fused-ring (bicyclic) bond motifs is 1. The van der Waals surface area contributed by atoms with Gasteiger partial charge in [0.15, 0.2) is 0 Å². The zero-order valence-electron chi connectivity index (χ0n) is 13.4. The number of aryl methyl sites for hydroxylation is 1. The SMILES string of the molecule is Cc1ccc(-c2cc(C(=O)O)cc3c2ncn3CC(C)C)nc1. The second kappa shape index (κ2) is 5.83. The van der Waals surface area contributed by atoms with Gasteiger partial charge in [-0.2, -0.15) is 0 Å². The van der Waals surface area contributed by atoms with Gasteiger partial charge in [-0.25, -0.2) is 9.78 Å². The van der Waals surface area contributed by atoms with E-state index in [2.05, 4.69) is 23.8 Å². The zero-order chi connectivity index (χ0) is 16.6. The van der Waals surface area contributed by atoms with E-state index < -0.39 is 5.97 Å². The van der Waals surface area contributed by atoms with Crippen molar-refractivity contribution in [3.05, 3.63) is 47.9 Å². The number of carboxylic acid groups (broad SMARTS) is 1. The molecule has 1 N–H and O–H groups in total. The maximum Gasteiger partial charge on any atom is 0.335 e. The average Bonchev–Trinajstić information content (AvgIpc) is 2.89. The van der Waals surface area contributed by atoms with Gasteiger partial charge in [-0.15, -0.1) is 0 Å². The first-order chi connectivity index (χ1) is 11.0. The van der Waals surface area contributed by atoms with Crippen LogP contribution in [-0.2, 0) is 6.54 Å². The fraction of sp³-hybridized carbons (Fsp3) is 0.278. The standard InChI is InChI=1S/C18H19N3O2/c1-11(2)9-21-10-20-17-14(15-5-4-12(3)8-19-15)6-13(18(22)23)7-16(17)21/h4-8,10-11H,9H2,1-3H3,(H,22,23). The van der Waals surface area contributed by atoms with Crippen molar-refractivity contribution in [3.63, 3.8) is 0 Å². The van der Waals surface area contributed by atoms with Gasteiger partial charge < -0.3 is 9.67 Å². The summed E-state index contributed by atoms with van der Waals surface area (Å²) in [7, 11) is 0. The van der Waals surface area contributed by atoms with Crippen LogP contribution in [0.5, 0.6) is 0 Å². The molecule has 3 aromatic rings. The molecule has 118 valence electrons. The second-order valence-electron chi connectivity index (χ2n) is 6.21. The third-order valence-electron chi connectivity index (χ3n) is 3.72. The number of nitrogens with zero attached hydrogens (tertiary/aromatic N) is 3. The zero-order valence-corrected chi connectivity index (χ0v) is 13.4. The number of rotatable bonds is 4. The molecule has 23 heavy (non-hydrogen) atoms. The predicted molar refractivity (Wildman–Crippen MR) is 89.5 cm³/mol. The molecule has 0 unspecified atom stereocenters. The van der Waals surface area contributed by atoms with Gasteiger partial charge >= 0.3 is 5.97 Å². The molecular weight excluding hydrogens is 290 g/mol. The van der Waals surface area contributed by atoms with Gasteiger partial charge in [0.2, 0.25) is 0 Å². The van der Waals surface area contributed by atoms with E-state index in [1.807, 2.05) is 23.6 Å². The third-order valence-corrected chi connectivity index (χ3v) is 3.72. The molecule has 0 saturated heterocycles. The normalized spacial score (nSPS) is 11.3. The van der Waals surface area contributed by atoms with Crippen LogP contribution in [0.2, 0.25) is 0 Å². The summed E-state index contributed by atoms with van der Waals surface area (Å²) >= 11 is 0. The van der Waals surface area contributed by atoms with Gasteiger partial charge in [0, 0.05) is 18.3 Å². The van der Waals surface area contributed by atoms with E-state index in [1.54, 1.807) is 24.7 Å². The molecule has 0 aliphatic heterocycles. The minimum atomic E-state index is -0.947. The highest BCUT2D eigenvalue weighted by molar-refractivity contribution is 5.99. The summed E-state index contributed by atoms with van der Waals surface area (Å²) in [5.74, 6) is -0.501. The summed E-state index contributed by atoms with van der Waals surface area (Å²) in [6, 6.07) is 7.20. The van der Waals surface area contributed by atoms with Gasteiger partial charge in [-0.05, 0) is 36.6 Å². The topological polar surface area (TPSA) is 68.0 Å². The molecule has 0 fully saturated rings. The Morgan fingerprint density at radius 1 is 1.26 bits per heavy atom. The molecule has 2 aromatic heterocycles. The van der Waals surface area contributed by atoms with E-state index in [1.165, 1.54) is 0 Å². The van der Waals surface area contributed by atoms with Crippen LogP contribution in [-0.4, -0.2) is 25.6 Å². The number of aromatic nitrogens is 3. The number of carbonyl (C=O) groups is 1. The number of hydrogen-bond donors (Lipinski definition) is 1. The number of hydrogen-bond acceptors (Lipinski definition) is 3. The number of benzene rings is 1. The molecule has 5 heteroatoms. The Bertz CT molecular complexity index is 864. The van der Waals surface area contributed by atoms with Crippen molar-refractivity contribution in [3.8, 4) is 11.3 Å². The predicted octanol–water partition coefficient (Wildman–Crippen LogP) is 3.76. The van der Waals surface area contributed by atoms with Crippen LogP contribution < -0.4 is 0 Å². The first-order valence-electron chi connectivity index (χ1n) is 7.61. The molecular formula is C18H19N3O2. The lowest BCUT2D eigenvalue weighted by molar-refractivity contribution is 0.0697. The minimum Gasteiger partial charge on any atom is -0.478 e. The van der Waals surface area contributed by atoms with Crippen LogP contribution in [0.4, 0.5) is 0 Å². The van der Waals surface area contributed by atoms with Crippen LogP contribution in [0.3, 0.4) is 0 Å². The van der Waals surface area contributed by atoms with Crippen molar-refractivity contribution in [2.24, 2.45) is 5.92 Å². The van der Waals surface area contributed by atoms with E-state index in [4.69, 9.17) is 0 Å². The van der Waals surface area contributed by atoms with E-state index in [0.29, 0.717) is 5.92 Å². The lowest BCUT2D eigenvalue weighted by Gasteiger charge is -2.09. The summed E-state index contributed by atoms with van der Waals surface area (Å²) in [6.45, 7) is 7.00. The van der Waals surface area contributed by atoms with E-state index in [-0.39, 0.29) is 5.56 Å². The summed E-state index contributed by atoms with van der Waals surface area (Å²) < 4.78 is 2.00. The van der Waals surface area contributed by atoms with Crippen molar-refractivity contribution < 1.29 is 9.90 Å². The van der Waals surface area contributed by atoms with Gasteiger partial charge in [0.1, 0.15) is 0 Å². The van der Waals surface area contributed by atoms with Crippen molar-refractivity contribution in [2.45, 2.75) is 27.3 Å². The maximum absolute atomic E-state index is 11.5. The molecule has 1 aromatic carbocycles. The third kappa shape index (κ3) is 2.95. The Labute approximate surface area is 134 Å². The molecule has 0 radical (unpaired) electrons. The molecule has 0 aliphatic rings. The molecule has 5 nitrogen and oxygen atoms in total. The Morgan fingerprint density at radius 2 is 2.04 bits per heavy atom. The molecule has 2 heterocycles. The summed E-state index contributed by atoms with van der Waals surface area (Å²) in [5, 5.41) is 9.42. The van der Waals surface area contributed by atoms with Gasteiger partial charge in [-0.3, -0.25) is 4.98 Å². The van der Waals surface area contributed by atoms with Crippen LogP contribution in [0.25, 0.3) is 22.3 Å². The van der Waals surface area contributed by atoms with Crippen LogP contribution in [0, 0.1) is 12.8 Å².